The smallest absolute Gasteiger partial charge is 0.223 e. The monoisotopic (exact) mass is 283 g/mol. The maximum absolute atomic E-state index is 12.1. The van der Waals surface area contributed by atoms with Gasteiger partial charge in [-0.2, -0.15) is 0 Å². The molecule has 3 rings (SSSR count). The second-order valence-electron chi connectivity index (χ2n) is 5.69. The quantitative estimate of drug-likeness (QED) is 0.938. The van der Waals surface area contributed by atoms with E-state index >= 15 is 0 Å². The zero-order valence-corrected chi connectivity index (χ0v) is 12.6. The lowest BCUT2D eigenvalue weighted by Crippen LogP contribution is -2.25. The van der Waals surface area contributed by atoms with Crippen molar-refractivity contribution in [3.63, 3.8) is 0 Å². The van der Waals surface area contributed by atoms with Crippen LogP contribution in [-0.2, 0) is 11.3 Å². The molecule has 4 heteroatoms. The van der Waals surface area contributed by atoms with Crippen LogP contribution in [0.4, 0.5) is 5.82 Å². The Morgan fingerprint density at radius 3 is 2.90 bits per heavy atom. The van der Waals surface area contributed by atoms with Crippen LogP contribution in [0.2, 0.25) is 0 Å². The Labute approximate surface area is 125 Å². The van der Waals surface area contributed by atoms with E-state index in [9.17, 15) is 4.79 Å². The average molecular weight is 283 g/mol. The van der Waals surface area contributed by atoms with Gasteiger partial charge in [-0.1, -0.05) is 31.5 Å². The summed E-state index contributed by atoms with van der Waals surface area (Å²) in [5, 5.41) is 4.27. The van der Waals surface area contributed by atoms with Crippen molar-refractivity contribution in [3.05, 3.63) is 35.9 Å². The van der Waals surface area contributed by atoms with Crippen molar-refractivity contribution < 1.29 is 4.79 Å². The summed E-state index contributed by atoms with van der Waals surface area (Å²) in [5.41, 5.74) is 2.06. The molecule has 1 aliphatic rings. The summed E-state index contributed by atoms with van der Waals surface area (Å²) in [5.74, 6) is 1.63. The van der Waals surface area contributed by atoms with Crippen molar-refractivity contribution in [2.45, 2.75) is 26.3 Å². The van der Waals surface area contributed by atoms with Gasteiger partial charge in [0, 0.05) is 37.5 Å². The fourth-order valence-corrected chi connectivity index (χ4v) is 2.98. The number of nitrogens with zero attached hydrogens (tertiary/aromatic N) is 2. The highest BCUT2D eigenvalue weighted by Crippen LogP contribution is 2.26. The second-order valence-corrected chi connectivity index (χ2v) is 5.69. The molecule has 1 aromatic heterocycles. The van der Waals surface area contributed by atoms with E-state index in [4.69, 9.17) is 0 Å². The molecule has 21 heavy (non-hydrogen) atoms. The molecule has 1 unspecified atom stereocenters. The molecule has 2 heterocycles. The van der Waals surface area contributed by atoms with E-state index in [1.54, 1.807) is 0 Å². The summed E-state index contributed by atoms with van der Waals surface area (Å²) < 4.78 is 0. The van der Waals surface area contributed by atoms with E-state index in [0.29, 0.717) is 18.9 Å². The molecule has 1 aliphatic heterocycles. The molecule has 1 atom stereocenters. The molecule has 0 bridgehead atoms. The van der Waals surface area contributed by atoms with E-state index in [-0.39, 0.29) is 5.91 Å². The maximum atomic E-state index is 12.1. The fraction of sp³-hybridized carbons (Fsp3) is 0.412. The van der Waals surface area contributed by atoms with E-state index in [2.05, 4.69) is 29.4 Å². The zero-order valence-electron chi connectivity index (χ0n) is 12.6. The van der Waals surface area contributed by atoms with Crippen LogP contribution in [0.25, 0.3) is 10.9 Å². The van der Waals surface area contributed by atoms with Gasteiger partial charge in [-0.25, -0.2) is 4.98 Å². The van der Waals surface area contributed by atoms with E-state index in [1.807, 2.05) is 30.1 Å². The average Bonchev–Trinajstić information content (AvgIpc) is 2.87. The summed E-state index contributed by atoms with van der Waals surface area (Å²) in [4.78, 5) is 18.7. The number of fused-ring (bicyclic) bond motifs is 1. The van der Waals surface area contributed by atoms with Crippen molar-refractivity contribution in [2.75, 3.05) is 18.9 Å². The molecule has 0 aliphatic carbocycles. The Balaban J connectivity index is 1.91. The topological polar surface area (TPSA) is 45.2 Å². The van der Waals surface area contributed by atoms with E-state index < -0.39 is 0 Å². The largest absolute Gasteiger partial charge is 0.373 e. The zero-order chi connectivity index (χ0) is 14.8. The van der Waals surface area contributed by atoms with Gasteiger partial charge in [-0.15, -0.1) is 0 Å². The first-order valence-electron chi connectivity index (χ1n) is 7.55. The van der Waals surface area contributed by atoms with E-state index in [1.165, 1.54) is 0 Å². The van der Waals surface area contributed by atoms with Crippen molar-refractivity contribution in [1.29, 1.82) is 0 Å². The molecule has 110 valence electrons. The predicted molar refractivity (Wildman–Crippen MR) is 85.1 cm³/mol. The first-order valence-corrected chi connectivity index (χ1v) is 7.55. The number of anilines is 1. The van der Waals surface area contributed by atoms with Crippen LogP contribution >= 0.6 is 0 Å². The Hall–Kier alpha value is -2.10. The Morgan fingerprint density at radius 2 is 2.19 bits per heavy atom. The number of rotatable bonds is 4. The number of pyridine rings is 1. The molecule has 4 nitrogen and oxygen atoms in total. The number of carbonyl (C=O) groups excluding carboxylic acids is 1. The highest BCUT2D eigenvalue weighted by atomic mass is 16.2. The molecule has 1 N–H and O–H groups in total. The third kappa shape index (κ3) is 2.71. The van der Waals surface area contributed by atoms with Crippen molar-refractivity contribution >= 4 is 22.6 Å². The van der Waals surface area contributed by atoms with Gasteiger partial charge in [0.25, 0.3) is 0 Å². The molecule has 0 spiro atoms. The van der Waals surface area contributed by atoms with Gasteiger partial charge >= 0.3 is 0 Å². The van der Waals surface area contributed by atoms with Crippen LogP contribution in [-0.4, -0.2) is 29.4 Å². The lowest BCUT2D eigenvalue weighted by Gasteiger charge is -2.19. The van der Waals surface area contributed by atoms with Gasteiger partial charge in [-0.3, -0.25) is 4.79 Å². The first kappa shape index (κ1) is 13.9. The normalized spacial score (nSPS) is 18.5. The SMILES string of the molecule is CCC1CC(=O)N(Cc2cc3ccccc3nc2NC)C1. The highest BCUT2D eigenvalue weighted by Gasteiger charge is 2.28. The molecular weight excluding hydrogens is 262 g/mol. The summed E-state index contributed by atoms with van der Waals surface area (Å²) in [6.07, 6.45) is 1.75. The molecule has 1 aromatic carbocycles. The number of hydrogen-bond donors (Lipinski definition) is 1. The maximum Gasteiger partial charge on any atom is 0.223 e. The van der Waals surface area contributed by atoms with Crippen LogP contribution in [0.3, 0.4) is 0 Å². The Morgan fingerprint density at radius 1 is 1.38 bits per heavy atom. The van der Waals surface area contributed by atoms with Gasteiger partial charge in [0.1, 0.15) is 5.82 Å². The predicted octanol–water partition coefficient (Wildman–Crippen LogP) is 3.04. The minimum Gasteiger partial charge on any atom is -0.373 e. The van der Waals surface area contributed by atoms with E-state index in [0.717, 1.165) is 35.2 Å². The summed E-state index contributed by atoms with van der Waals surface area (Å²) in [7, 11) is 1.88. The lowest BCUT2D eigenvalue weighted by atomic mass is 10.1. The number of nitrogens with one attached hydrogen (secondary N) is 1. The molecule has 1 saturated heterocycles. The summed E-state index contributed by atoms with van der Waals surface area (Å²) >= 11 is 0. The van der Waals surface area contributed by atoms with Gasteiger partial charge in [0.2, 0.25) is 5.91 Å². The van der Waals surface area contributed by atoms with Gasteiger partial charge in [-0.05, 0) is 18.1 Å². The molecule has 2 aromatic rings. The number of carbonyl (C=O) groups is 1. The number of para-hydroxylation sites is 1. The third-order valence-electron chi connectivity index (χ3n) is 4.27. The second kappa shape index (κ2) is 5.72. The Kier molecular flexibility index (Phi) is 3.78. The van der Waals surface area contributed by atoms with Gasteiger partial charge < -0.3 is 10.2 Å². The standard InChI is InChI=1S/C17H21N3O/c1-3-12-8-16(21)20(10-12)11-14-9-13-6-4-5-7-15(13)19-17(14)18-2/h4-7,9,12H,3,8,10-11H2,1-2H3,(H,18,19). The Bertz CT molecular complexity index is 668. The fourth-order valence-electron chi connectivity index (χ4n) is 2.98. The number of benzene rings is 1. The van der Waals surface area contributed by atoms with Crippen LogP contribution in [0.5, 0.6) is 0 Å². The molecule has 0 saturated carbocycles. The van der Waals surface area contributed by atoms with Crippen molar-refractivity contribution in [2.24, 2.45) is 5.92 Å². The number of likely N-dealkylation sites (tertiary alicyclic amines) is 1. The summed E-state index contributed by atoms with van der Waals surface area (Å²) in [6, 6.07) is 10.2. The van der Waals surface area contributed by atoms with Gasteiger partial charge in [0.05, 0.1) is 5.52 Å². The molecule has 1 amide bonds. The highest BCUT2D eigenvalue weighted by molar-refractivity contribution is 5.82. The van der Waals surface area contributed by atoms with Crippen LogP contribution in [0, 0.1) is 5.92 Å². The number of amides is 1. The van der Waals surface area contributed by atoms with Crippen molar-refractivity contribution in [3.8, 4) is 0 Å². The third-order valence-corrected chi connectivity index (χ3v) is 4.27. The molecule has 1 fully saturated rings. The minimum absolute atomic E-state index is 0.261. The first-order chi connectivity index (χ1) is 10.2. The van der Waals surface area contributed by atoms with Crippen LogP contribution in [0.1, 0.15) is 25.3 Å². The molecule has 0 radical (unpaired) electrons. The van der Waals surface area contributed by atoms with Crippen molar-refractivity contribution in [1.82, 2.24) is 9.88 Å². The van der Waals surface area contributed by atoms with Crippen LogP contribution in [0.15, 0.2) is 30.3 Å². The molecular formula is C17H21N3O. The summed E-state index contributed by atoms with van der Waals surface area (Å²) in [6.45, 7) is 3.66. The number of hydrogen-bond acceptors (Lipinski definition) is 3. The lowest BCUT2D eigenvalue weighted by molar-refractivity contribution is -0.128. The minimum atomic E-state index is 0.261. The van der Waals surface area contributed by atoms with Crippen LogP contribution < -0.4 is 5.32 Å². The number of aromatic nitrogens is 1. The van der Waals surface area contributed by atoms with Gasteiger partial charge in [0.15, 0.2) is 0 Å².